The van der Waals surface area contributed by atoms with Crippen LogP contribution in [-0.2, 0) is 13.1 Å². The Kier molecular flexibility index (Phi) is 3.53. The van der Waals surface area contributed by atoms with Crippen LogP contribution in [0.3, 0.4) is 0 Å². The van der Waals surface area contributed by atoms with E-state index in [2.05, 4.69) is 35.0 Å². The summed E-state index contributed by atoms with van der Waals surface area (Å²) in [5.41, 5.74) is 2.28. The second-order valence-corrected chi connectivity index (χ2v) is 5.38. The Morgan fingerprint density at radius 2 is 2.16 bits per heavy atom. The lowest BCUT2D eigenvalue weighted by atomic mass is 9.82. The van der Waals surface area contributed by atoms with Gasteiger partial charge in [-0.2, -0.15) is 0 Å². The van der Waals surface area contributed by atoms with Gasteiger partial charge in [0.25, 0.3) is 0 Å². The summed E-state index contributed by atoms with van der Waals surface area (Å²) < 4.78 is 2.26. The van der Waals surface area contributed by atoms with Crippen LogP contribution in [0.2, 0.25) is 0 Å². The van der Waals surface area contributed by atoms with Gasteiger partial charge in [-0.3, -0.25) is 0 Å². The molecule has 0 unspecified atom stereocenters. The fourth-order valence-corrected chi connectivity index (χ4v) is 2.87. The van der Waals surface area contributed by atoms with Crippen LogP contribution in [0, 0.1) is 5.92 Å². The normalized spacial score (nSPS) is 22.6. The molecule has 1 aliphatic carbocycles. The number of rotatable bonds is 5. The number of aromatic nitrogens is 2. The summed E-state index contributed by atoms with van der Waals surface area (Å²) in [7, 11) is 0. The first kappa shape index (κ1) is 12.6. The Hall–Kier alpha value is -1.39. The zero-order chi connectivity index (χ0) is 13.2. The van der Waals surface area contributed by atoms with Gasteiger partial charge in [-0.15, -0.1) is 0 Å². The molecular weight excluding hydrogens is 238 g/mol. The number of imidazole rings is 1. The molecule has 2 aromatic rings. The summed E-state index contributed by atoms with van der Waals surface area (Å²) in [6.07, 6.45) is 1.82. The van der Waals surface area contributed by atoms with Gasteiger partial charge in [0.05, 0.1) is 23.7 Å². The summed E-state index contributed by atoms with van der Waals surface area (Å²) in [5.74, 6) is 1.73. The van der Waals surface area contributed by atoms with Gasteiger partial charge < -0.3 is 15.0 Å². The summed E-state index contributed by atoms with van der Waals surface area (Å²) in [6, 6.07) is 8.27. The molecule has 1 heterocycles. The lowest BCUT2D eigenvalue weighted by Gasteiger charge is -2.31. The zero-order valence-corrected chi connectivity index (χ0v) is 11.3. The summed E-state index contributed by atoms with van der Waals surface area (Å²) in [6.45, 7) is 4.87. The fourth-order valence-electron chi connectivity index (χ4n) is 2.87. The lowest BCUT2D eigenvalue weighted by molar-refractivity contribution is 0.0429. The highest BCUT2D eigenvalue weighted by atomic mass is 16.3. The molecule has 0 aliphatic heterocycles. The third-order valence-electron chi connectivity index (χ3n) is 3.98. The van der Waals surface area contributed by atoms with Gasteiger partial charge >= 0.3 is 0 Å². The third-order valence-corrected chi connectivity index (χ3v) is 3.98. The average molecular weight is 259 g/mol. The topological polar surface area (TPSA) is 50.1 Å². The third kappa shape index (κ3) is 2.51. The van der Waals surface area contributed by atoms with Gasteiger partial charge in [-0.1, -0.05) is 12.1 Å². The minimum atomic E-state index is -0.0629. The van der Waals surface area contributed by atoms with Crippen LogP contribution in [0.1, 0.15) is 25.6 Å². The van der Waals surface area contributed by atoms with Crippen molar-refractivity contribution in [2.75, 3.05) is 6.54 Å². The van der Waals surface area contributed by atoms with Gasteiger partial charge in [0.15, 0.2) is 0 Å². The molecule has 0 saturated heterocycles. The number of aryl methyl sites for hydroxylation is 1. The number of aliphatic hydroxyl groups excluding tert-OH is 1. The van der Waals surface area contributed by atoms with Gasteiger partial charge in [0.1, 0.15) is 5.82 Å². The van der Waals surface area contributed by atoms with Crippen LogP contribution in [-0.4, -0.2) is 27.3 Å². The summed E-state index contributed by atoms with van der Waals surface area (Å²) in [4.78, 5) is 4.69. The van der Waals surface area contributed by atoms with Crippen molar-refractivity contribution in [2.24, 2.45) is 5.92 Å². The highest BCUT2D eigenvalue weighted by Gasteiger charge is 2.26. The van der Waals surface area contributed by atoms with Crippen molar-refractivity contribution in [3.8, 4) is 0 Å². The maximum Gasteiger partial charge on any atom is 0.123 e. The molecule has 19 heavy (non-hydrogen) atoms. The molecule has 0 amide bonds. The molecule has 102 valence electrons. The summed E-state index contributed by atoms with van der Waals surface area (Å²) in [5, 5.41) is 12.7. The number of fused-ring (bicyclic) bond motifs is 1. The monoisotopic (exact) mass is 259 g/mol. The molecular formula is C15H21N3O. The number of para-hydroxylation sites is 2. The number of nitrogens with zero attached hydrogens (tertiary/aromatic N) is 2. The molecule has 2 N–H and O–H groups in total. The SMILES string of the molecule is CCn1c(CNCC2CC(O)C2)nc2ccccc21. The molecule has 0 bridgehead atoms. The van der Waals surface area contributed by atoms with Gasteiger partial charge in [-0.05, 0) is 44.4 Å². The lowest BCUT2D eigenvalue weighted by Crippen LogP contribution is -2.36. The van der Waals surface area contributed by atoms with Gasteiger partial charge in [0, 0.05) is 6.54 Å². The van der Waals surface area contributed by atoms with Crippen molar-refractivity contribution in [3.63, 3.8) is 0 Å². The highest BCUT2D eigenvalue weighted by Crippen LogP contribution is 2.26. The van der Waals surface area contributed by atoms with Crippen LogP contribution in [0.5, 0.6) is 0 Å². The van der Waals surface area contributed by atoms with Crippen molar-refractivity contribution in [1.29, 1.82) is 0 Å². The maximum absolute atomic E-state index is 9.27. The van der Waals surface area contributed by atoms with E-state index in [1.807, 2.05) is 6.07 Å². The first-order valence-corrected chi connectivity index (χ1v) is 7.11. The Labute approximate surface area is 113 Å². The average Bonchev–Trinajstić information content (AvgIpc) is 2.74. The minimum absolute atomic E-state index is 0.0629. The number of hydrogen-bond donors (Lipinski definition) is 2. The number of benzene rings is 1. The van der Waals surface area contributed by atoms with E-state index in [1.165, 1.54) is 5.52 Å². The smallest absolute Gasteiger partial charge is 0.123 e. The molecule has 0 radical (unpaired) electrons. The Morgan fingerprint density at radius 3 is 2.89 bits per heavy atom. The van der Waals surface area contributed by atoms with E-state index in [9.17, 15) is 5.11 Å². The number of nitrogens with one attached hydrogen (secondary N) is 1. The van der Waals surface area contributed by atoms with E-state index >= 15 is 0 Å². The fraction of sp³-hybridized carbons (Fsp3) is 0.533. The number of hydrogen-bond acceptors (Lipinski definition) is 3. The standard InChI is InChI=1S/C15H21N3O/c1-2-18-14-6-4-3-5-13(14)17-15(18)10-16-9-11-7-12(19)8-11/h3-6,11-12,16,19H,2,7-10H2,1H3. The molecule has 4 heteroatoms. The van der Waals surface area contributed by atoms with E-state index in [0.717, 1.165) is 43.8 Å². The van der Waals surface area contributed by atoms with Crippen LogP contribution < -0.4 is 5.32 Å². The van der Waals surface area contributed by atoms with Crippen molar-refractivity contribution < 1.29 is 5.11 Å². The van der Waals surface area contributed by atoms with Gasteiger partial charge in [-0.25, -0.2) is 4.98 Å². The molecule has 4 nitrogen and oxygen atoms in total. The second-order valence-electron chi connectivity index (χ2n) is 5.38. The van der Waals surface area contributed by atoms with E-state index < -0.39 is 0 Å². The van der Waals surface area contributed by atoms with Crippen LogP contribution >= 0.6 is 0 Å². The molecule has 1 saturated carbocycles. The quantitative estimate of drug-likeness (QED) is 0.862. The number of aliphatic hydroxyl groups is 1. The van der Waals surface area contributed by atoms with Gasteiger partial charge in [0.2, 0.25) is 0 Å². The predicted octanol–water partition coefficient (Wildman–Crippen LogP) is 1.92. The van der Waals surface area contributed by atoms with E-state index in [1.54, 1.807) is 0 Å². The van der Waals surface area contributed by atoms with E-state index in [0.29, 0.717) is 5.92 Å². The van der Waals surface area contributed by atoms with Crippen molar-refractivity contribution in [2.45, 2.75) is 39.0 Å². The Morgan fingerprint density at radius 1 is 1.37 bits per heavy atom. The second kappa shape index (κ2) is 5.31. The van der Waals surface area contributed by atoms with E-state index in [4.69, 9.17) is 4.98 Å². The molecule has 1 aromatic carbocycles. The molecule has 1 fully saturated rings. The minimum Gasteiger partial charge on any atom is -0.393 e. The Bertz CT molecular complexity index is 558. The zero-order valence-electron chi connectivity index (χ0n) is 11.3. The molecule has 1 aromatic heterocycles. The highest BCUT2D eigenvalue weighted by molar-refractivity contribution is 5.75. The molecule has 1 aliphatic rings. The summed E-state index contributed by atoms with van der Waals surface area (Å²) >= 11 is 0. The van der Waals surface area contributed by atoms with Crippen LogP contribution in [0.4, 0.5) is 0 Å². The first-order valence-electron chi connectivity index (χ1n) is 7.11. The molecule has 0 spiro atoms. The molecule has 0 atom stereocenters. The largest absolute Gasteiger partial charge is 0.393 e. The van der Waals surface area contributed by atoms with Crippen molar-refractivity contribution in [3.05, 3.63) is 30.1 Å². The van der Waals surface area contributed by atoms with E-state index in [-0.39, 0.29) is 6.10 Å². The maximum atomic E-state index is 9.27. The van der Waals surface area contributed by atoms with Crippen molar-refractivity contribution >= 4 is 11.0 Å². The predicted molar refractivity (Wildman–Crippen MR) is 75.8 cm³/mol. The van der Waals surface area contributed by atoms with Crippen molar-refractivity contribution in [1.82, 2.24) is 14.9 Å². The Balaban J connectivity index is 1.66. The van der Waals surface area contributed by atoms with Crippen LogP contribution in [0.25, 0.3) is 11.0 Å². The molecule has 3 rings (SSSR count). The first-order chi connectivity index (χ1) is 9.28. The van der Waals surface area contributed by atoms with Crippen LogP contribution in [0.15, 0.2) is 24.3 Å².